The topological polar surface area (TPSA) is 15.7 Å². The van der Waals surface area contributed by atoms with Crippen LogP contribution in [0.25, 0.3) is 0 Å². The third kappa shape index (κ3) is 6.03. The molecule has 25 heavy (non-hydrogen) atoms. The van der Waals surface area contributed by atoms with Crippen molar-refractivity contribution in [1.82, 2.24) is 9.80 Å². The molecule has 0 atom stereocenters. The molecule has 1 fully saturated rings. The van der Waals surface area contributed by atoms with Crippen LogP contribution in [0, 0.1) is 0 Å². The zero-order valence-corrected chi connectivity index (χ0v) is 16.0. The second kappa shape index (κ2) is 9.81. The van der Waals surface area contributed by atoms with Crippen molar-refractivity contribution in [2.75, 3.05) is 27.2 Å². The average molecular weight is 361 g/mol. The molecule has 0 spiro atoms. The average Bonchev–Trinajstić information content (AvgIpc) is 2.62. The smallest absolute Gasteiger partial charge is 0.119 e. The van der Waals surface area contributed by atoms with E-state index < -0.39 is 0 Å². The second-order valence-electron chi connectivity index (χ2n) is 6.87. The predicted molar refractivity (Wildman–Crippen MR) is 106 cm³/mol. The van der Waals surface area contributed by atoms with Gasteiger partial charge in [0.1, 0.15) is 12.4 Å². The summed E-state index contributed by atoms with van der Waals surface area (Å²) in [6.45, 7) is 4.05. The van der Waals surface area contributed by atoms with Gasteiger partial charge in [0.05, 0.1) is 0 Å². The minimum atomic E-state index is 0. The van der Waals surface area contributed by atoms with Gasteiger partial charge < -0.3 is 9.64 Å². The molecule has 4 heteroatoms. The van der Waals surface area contributed by atoms with E-state index in [4.69, 9.17) is 4.74 Å². The fourth-order valence-electron chi connectivity index (χ4n) is 3.28. The number of halogens is 1. The molecule has 0 aliphatic carbocycles. The summed E-state index contributed by atoms with van der Waals surface area (Å²) in [5.41, 5.74) is 2.55. The van der Waals surface area contributed by atoms with E-state index in [0.717, 1.165) is 12.3 Å². The van der Waals surface area contributed by atoms with Crippen LogP contribution in [0.4, 0.5) is 0 Å². The summed E-state index contributed by atoms with van der Waals surface area (Å²) in [4.78, 5) is 4.91. The molecular weight excluding hydrogens is 332 g/mol. The van der Waals surface area contributed by atoms with E-state index in [2.05, 4.69) is 60.3 Å². The standard InChI is InChI=1S/C21H28N2O.ClH/c1-22-14-12-20(13-15-22)23(2)16-18-8-10-21(11-9-18)24-17-19-6-4-3-5-7-19;/h3-11,20H,12-17H2,1-2H3;1H. The number of benzene rings is 2. The summed E-state index contributed by atoms with van der Waals surface area (Å²) in [7, 11) is 4.46. The van der Waals surface area contributed by atoms with Gasteiger partial charge in [-0.2, -0.15) is 0 Å². The molecule has 0 bridgehead atoms. The predicted octanol–water partition coefficient (Wildman–Crippen LogP) is 4.21. The summed E-state index contributed by atoms with van der Waals surface area (Å²) in [6.07, 6.45) is 2.54. The SMILES string of the molecule is CN1CCC(N(C)Cc2ccc(OCc3ccccc3)cc2)CC1.Cl. The van der Waals surface area contributed by atoms with Gasteiger partial charge in [-0.1, -0.05) is 42.5 Å². The van der Waals surface area contributed by atoms with Crippen molar-refractivity contribution in [2.24, 2.45) is 0 Å². The second-order valence-corrected chi connectivity index (χ2v) is 6.87. The lowest BCUT2D eigenvalue weighted by molar-refractivity contribution is 0.139. The van der Waals surface area contributed by atoms with Gasteiger partial charge in [-0.15, -0.1) is 12.4 Å². The molecule has 0 aromatic heterocycles. The van der Waals surface area contributed by atoms with E-state index in [1.165, 1.54) is 37.1 Å². The molecule has 0 unspecified atom stereocenters. The van der Waals surface area contributed by atoms with Gasteiger partial charge in [-0.25, -0.2) is 0 Å². The fourth-order valence-corrected chi connectivity index (χ4v) is 3.28. The first kappa shape index (κ1) is 19.8. The van der Waals surface area contributed by atoms with Gasteiger partial charge in [0.2, 0.25) is 0 Å². The van der Waals surface area contributed by atoms with Crippen molar-refractivity contribution >= 4 is 12.4 Å². The van der Waals surface area contributed by atoms with Crippen LogP contribution >= 0.6 is 12.4 Å². The Bertz CT molecular complexity index is 610. The Hall–Kier alpha value is -1.55. The van der Waals surface area contributed by atoms with Crippen molar-refractivity contribution < 1.29 is 4.74 Å². The number of hydrogen-bond acceptors (Lipinski definition) is 3. The number of hydrogen-bond donors (Lipinski definition) is 0. The zero-order chi connectivity index (χ0) is 16.8. The van der Waals surface area contributed by atoms with Crippen molar-refractivity contribution in [3.05, 3.63) is 65.7 Å². The first-order valence-corrected chi connectivity index (χ1v) is 8.85. The van der Waals surface area contributed by atoms with Crippen LogP contribution in [0.2, 0.25) is 0 Å². The molecule has 0 radical (unpaired) electrons. The minimum absolute atomic E-state index is 0. The Morgan fingerprint density at radius 2 is 1.60 bits per heavy atom. The Balaban J connectivity index is 0.00000225. The lowest BCUT2D eigenvalue weighted by atomic mass is 10.0. The highest BCUT2D eigenvalue weighted by molar-refractivity contribution is 5.85. The number of piperidine rings is 1. The molecule has 0 N–H and O–H groups in total. The van der Waals surface area contributed by atoms with Crippen molar-refractivity contribution in [3.63, 3.8) is 0 Å². The van der Waals surface area contributed by atoms with Crippen molar-refractivity contribution in [3.8, 4) is 5.75 Å². The maximum absolute atomic E-state index is 5.86. The number of ether oxygens (including phenoxy) is 1. The van der Waals surface area contributed by atoms with Crippen LogP contribution in [0.3, 0.4) is 0 Å². The quantitative estimate of drug-likeness (QED) is 0.767. The lowest BCUT2D eigenvalue weighted by Crippen LogP contribution is -2.41. The Labute approximate surface area is 158 Å². The van der Waals surface area contributed by atoms with E-state index in [-0.39, 0.29) is 12.4 Å². The Morgan fingerprint density at radius 3 is 2.24 bits per heavy atom. The van der Waals surface area contributed by atoms with Gasteiger partial charge in [0, 0.05) is 12.6 Å². The molecule has 2 aromatic rings. The summed E-state index contributed by atoms with van der Waals surface area (Å²) in [5.74, 6) is 0.935. The normalized spacial score (nSPS) is 15.8. The van der Waals surface area contributed by atoms with E-state index in [0.29, 0.717) is 12.6 Å². The zero-order valence-electron chi connectivity index (χ0n) is 15.2. The van der Waals surface area contributed by atoms with Gasteiger partial charge in [-0.05, 0) is 63.3 Å². The first-order chi connectivity index (χ1) is 11.7. The Morgan fingerprint density at radius 1 is 0.960 bits per heavy atom. The monoisotopic (exact) mass is 360 g/mol. The van der Waals surface area contributed by atoms with Crippen LogP contribution in [-0.2, 0) is 13.2 Å². The largest absolute Gasteiger partial charge is 0.489 e. The molecule has 1 saturated heterocycles. The van der Waals surface area contributed by atoms with Crippen LogP contribution < -0.4 is 4.74 Å². The van der Waals surface area contributed by atoms with Crippen LogP contribution in [-0.4, -0.2) is 43.0 Å². The van der Waals surface area contributed by atoms with E-state index in [9.17, 15) is 0 Å². The van der Waals surface area contributed by atoms with Gasteiger partial charge in [0.25, 0.3) is 0 Å². The highest BCUT2D eigenvalue weighted by Gasteiger charge is 2.20. The Kier molecular flexibility index (Phi) is 7.76. The fraction of sp³-hybridized carbons (Fsp3) is 0.429. The maximum Gasteiger partial charge on any atom is 0.119 e. The lowest BCUT2D eigenvalue weighted by Gasteiger charge is -2.35. The molecule has 136 valence electrons. The van der Waals surface area contributed by atoms with Gasteiger partial charge >= 0.3 is 0 Å². The van der Waals surface area contributed by atoms with E-state index in [1.807, 2.05) is 18.2 Å². The molecule has 0 amide bonds. The van der Waals surface area contributed by atoms with Crippen molar-refractivity contribution in [1.29, 1.82) is 0 Å². The highest BCUT2D eigenvalue weighted by Crippen LogP contribution is 2.19. The molecule has 1 aliphatic rings. The summed E-state index contributed by atoms with van der Waals surface area (Å²) >= 11 is 0. The third-order valence-corrected chi connectivity index (χ3v) is 4.92. The first-order valence-electron chi connectivity index (χ1n) is 8.85. The molecule has 1 aliphatic heterocycles. The molecule has 3 nitrogen and oxygen atoms in total. The summed E-state index contributed by atoms with van der Waals surface area (Å²) < 4.78 is 5.86. The van der Waals surface area contributed by atoms with E-state index in [1.54, 1.807) is 0 Å². The molecule has 3 rings (SSSR count). The highest BCUT2D eigenvalue weighted by atomic mass is 35.5. The van der Waals surface area contributed by atoms with Crippen LogP contribution in [0.1, 0.15) is 24.0 Å². The summed E-state index contributed by atoms with van der Waals surface area (Å²) in [5, 5.41) is 0. The molecule has 2 aromatic carbocycles. The molecule has 0 saturated carbocycles. The number of rotatable bonds is 6. The number of nitrogens with zero attached hydrogens (tertiary/aromatic N) is 2. The minimum Gasteiger partial charge on any atom is -0.489 e. The molecular formula is C21H29ClN2O. The van der Waals surface area contributed by atoms with E-state index >= 15 is 0 Å². The molecule has 1 heterocycles. The maximum atomic E-state index is 5.86. The third-order valence-electron chi connectivity index (χ3n) is 4.92. The van der Waals surface area contributed by atoms with Crippen LogP contribution in [0.15, 0.2) is 54.6 Å². The number of likely N-dealkylation sites (tertiary alicyclic amines) is 1. The van der Waals surface area contributed by atoms with Crippen molar-refractivity contribution in [2.45, 2.75) is 32.0 Å². The van der Waals surface area contributed by atoms with Crippen LogP contribution in [0.5, 0.6) is 5.75 Å². The van der Waals surface area contributed by atoms with Gasteiger partial charge in [-0.3, -0.25) is 4.90 Å². The summed E-state index contributed by atoms with van der Waals surface area (Å²) in [6, 6.07) is 19.5. The van der Waals surface area contributed by atoms with Gasteiger partial charge in [0.15, 0.2) is 0 Å².